The van der Waals surface area contributed by atoms with Crippen LogP contribution < -0.4 is 0 Å². The fraction of sp³-hybridized carbons (Fsp3) is 0.417. The largest absolute Gasteiger partial charge is 0.387 e. The summed E-state index contributed by atoms with van der Waals surface area (Å²) in [6, 6.07) is 5.96. The smallest absolute Gasteiger partial charge is 0.129 e. The lowest BCUT2D eigenvalue weighted by molar-refractivity contribution is 0.0689. The van der Waals surface area contributed by atoms with Gasteiger partial charge in [-0.05, 0) is 31.5 Å². The molecule has 2 nitrogen and oxygen atoms in total. The van der Waals surface area contributed by atoms with E-state index in [2.05, 4.69) is 0 Å². The first-order valence-electron chi connectivity index (χ1n) is 4.99. The Morgan fingerprint density at radius 1 is 1.62 bits per heavy atom. The summed E-state index contributed by atoms with van der Waals surface area (Å²) in [5.41, 5.74) is -0.940. The first-order valence-corrected chi connectivity index (χ1v) is 5.36. The zero-order valence-electron chi connectivity index (χ0n) is 9.17. The van der Waals surface area contributed by atoms with E-state index in [0.717, 1.165) is 0 Å². The second kappa shape index (κ2) is 4.82. The standard InChI is InChI=1S/C12H13ClFNO/c1-3-12(2,7-15)11(16)9-6-8(13)4-5-10(9)14/h4-6,11,16H,3H2,1-2H3. The van der Waals surface area contributed by atoms with Gasteiger partial charge >= 0.3 is 0 Å². The lowest BCUT2D eigenvalue weighted by Crippen LogP contribution is -2.23. The molecule has 0 heterocycles. The van der Waals surface area contributed by atoms with Gasteiger partial charge in [-0.2, -0.15) is 5.26 Å². The summed E-state index contributed by atoms with van der Waals surface area (Å²) < 4.78 is 13.5. The van der Waals surface area contributed by atoms with Crippen LogP contribution in [0.15, 0.2) is 18.2 Å². The van der Waals surface area contributed by atoms with Gasteiger partial charge in [-0.25, -0.2) is 4.39 Å². The number of nitrogens with zero attached hydrogens (tertiary/aromatic N) is 1. The van der Waals surface area contributed by atoms with Gasteiger partial charge in [0.2, 0.25) is 0 Å². The molecule has 0 saturated carbocycles. The molecule has 1 aromatic carbocycles. The number of aliphatic hydroxyl groups excluding tert-OH is 1. The molecule has 1 aromatic rings. The van der Waals surface area contributed by atoms with Gasteiger partial charge in [-0.3, -0.25) is 0 Å². The highest BCUT2D eigenvalue weighted by Crippen LogP contribution is 2.37. The Kier molecular flexibility index (Phi) is 3.90. The maximum absolute atomic E-state index is 13.5. The van der Waals surface area contributed by atoms with Crippen molar-refractivity contribution in [2.45, 2.75) is 26.4 Å². The number of hydrogen-bond donors (Lipinski definition) is 1. The lowest BCUT2D eigenvalue weighted by Gasteiger charge is -2.26. The second-order valence-corrected chi connectivity index (χ2v) is 4.39. The zero-order chi connectivity index (χ0) is 12.3. The fourth-order valence-electron chi connectivity index (χ4n) is 1.40. The average Bonchev–Trinajstić information content (AvgIpc) is 2.30. The van der Waals surface area contributed by atoms with Gasteiger partial charge in [0.15, 0.2) is 0 Å². The van der Waals surface area contributed by atoms with Crippen LogP contribution in [-0.2, 0) is 0 Å². The van der Waals surface area contributed by atoms with Crippen molar-refractivity contribution >= 4 is 11.6 Å². The van der Waals surface area contributed by atoms with Crippen LogP contribution >= 0.6 is 11.6 Å². The first-order chi connectivity index (χ1) is 7.44. The number of rotatable bonds is 3. The summed E-state index contributed by atoms with van der Waals surface area (Å²) in [4.78, 5) is 0. The van der Waals surface area contributed by atoms with Gasteiger partial charge < -0.3 is 5.11 Å². The molecule has 0 fully saturated rings. The van der Waals surface area contributed by atoms with E-state index in [4.69, 9.17) is 16.9 Å². The van der Waals surface area contributed by atoms with E-state index in [1.165, 1.54) is 18.2 Å². The molecular formula is C12H13ClFNO. The first kappa shape index (κ1) is 13.0. The Morgan fingerprint density at radius 2 is 2.25 bits per heavy atom. The quantitative estimate of drug-likeness (QED) is 0.881. The van der Waals surface area contributed by atoms with Gasteiger partial charge in [-0.15, -0.1) is 0 Å². The SMILES string of the molecule is CCC(C)(C#N)C(O)c1cc(Cl)ccc1F. The second-order valence-electron chi connectivity index (χ2n) is 3.95. The Labute approximate surface area is 99.3 Å². The minimum Gasteiger partial charge on any atom is -0.387 e. The van der Waals surface area contributed by atoms with Crippen molar-refractivity contribution in [3.8, 4) is 6.07 Å². The molecular weight excluding hydrogens is 229 g/mol. The molecule has 0 radical (unpaired) electrons. The lowest BCUT2D eigenvalue weighted by atomic mass is 9.80. The van der Waals surface area contributed by atoms with Gasteiger partial charge in [0, 0.05) is 10.6 Å². The topological polar surface area (TPSA) is 44.0 Å². The molecule has 0 aliphatic carbocycles. The highest BCUT2D eigenvalue weighted by molar-refractivity contribution is 6.30. The third-order valence-corrected chi connectivity index (χ3v) is 3.08. The van der Waals surface area contributed by atoms with E-state index in [-0.39, 0.29) is 5.56 Å². The van der Waals surface area contributed by atoms with Crippen molar-refractivity contribution < 1.29 is 9.50 Å². The van der Waals surface area contributed by atoms with E-state index >= 15 is 0 Å². The van der Waals surface area contributed by atoms with Crippen molar-refractivity contribution in [3.05, 3.63) is 34.6 Å². The Balaban J connectivity index is 3.19. The minimum absolute atomic E-state index is 0.0680. The van der Waals surface area contributed by atoms with Crippen molar-refractivity contribution in [1.82, 2.24) is 0 Å². The predicted octanol–water partition coefficient (Wildman–Crippen LogP) is 3.45. The zero-order valence-corrected chi connectivity index (χ0v) is 9.92. The molecule has 86 valence electrons. The third-order valence-electron chi connectivity index (χ3n) is 2.85. The molecule has 1 N–H and O–H groups in total. The number of hydrogen-bond acceptors (Lipinski definition) is 2. The molecule has 2 atom stereocenters. The molecule has 0 spiro atoms. The maximum atomic E-state index is 13.5. The maximum Gasteiger partial charge on any atom is 0.129 e. The molecule has 0 aromatic heterocycles. The van der Waals surface area contributed by atoms with E-state index in [1.54, 1.807) is 13.8 Å². The summed E-state index contributed by atoms with van der Waals surface area (Å²) in [6.07, 6.45) is -0.752. The molecule has 4 heteroatoms. The van der Waals surface area contributed by atoms with E-state index in [0.29, 0.717) is 11.4 Å². The van der Waals surface area contributed by atoms with Gasteiger partial charge in [0.1, 0.15) is 11.9 Å². The summed E-state index contributed by atoms with van der Waals surface area (Å²) in [5.74, 6) is -0.549. The van der Waals surface area contributed by atoms with Crippen LogP contribution in [-0.4, -0.2) is 5.11 Å². The normalized spacial score (nSPS) is 16.2. The highest BCUT2D eigenvalue weighted by Gasteiger charge is 2.34. The number of aliphatic hydroxyl groups is 1. The summed E-state index contributed by atoms with van der Waals surface area (Å²) in [5, 5.41) is 19.4. The van der Waals surface area contributed by atoms with Crippen LogP contribution in [0.5, 0.6) is 0 Å². The molecule has 0 bridgehead atoms. The summed E-state index contributed by atoms with van der Waals surface area (Å²) in [7, 11) is 0. The molecule has 2 unspecified atom stereocenters. The van der Waals surface area contributed by atoms with Gasteiger partial charge in [-0.1, -0.05) is 18.5 Å². The van der Waals surface area contributed by atoms with Gasteiger partial charge in [0.25, 0.3) is 0 Å². The van der Waals surface area contributed by atoms with Crippen molar-refractivity contribution in [1.29, 1.82) is 5.26 Å². The van der Waals surface area contributed by atoms with Crippen molar-refractivity contribution in [3.63, 3.8) is 0 Å². The average molecular weight is 242 g/mol. The van der Waals surface area contributed by atoms with Crippen LogP contribution in [0.2, 0.25) is 5.02 Å². The molecule has 0 amide bonds. The number of halogens is 2. The van der Waals surface area contributed by atoms with Crippen molar-refractivity contribution in [2.75, 3.05) is 0 Å². The fourth-order valence-corrected chi connectivity index (χ4v) is 1.58. The Morgan fingerprint density at radius 3 is 2.75 bits per heavy atom. The van der Waals surface area contributed by atoms with Crippen LogP contribution in [0.25, 0.3) is 0 Å². The van der Waals surface area contributed by atoms with Crippen molar-refractivity contribution in [2.24, 2.45) is 5.41 Å². The van der Waals surface area contributed by atoms with E-state index in [9.17, 15) is 9.50 Å². The van der Waals surface area contributed by atoms with E-state index < -0.39 is 17.3 Å². The number of nitriles is 1. The highest BCUT2D eigenvalue weighted by atomic mass is 35.5. The Bertz CT molecular complexity index is 430. The third kappa shape index (κ3) is 2.34. The van der Waals surface area contributed by atoms with Crippen LogP contribution in [0.3, 0.4) is 0 Å². The molecule has 0 saturated heterocycles. The summed E-state index contributed by atoms with van der Waals surface area (Å²) in [6.45, 7) is 3.37. The number of benzene rings is 1. The van der Waals surface area contributed by atoms with E-state index in [1.807, 2.05) is 6.07 Å². The molecule has 1 rings (SSSR count). The monoisotopic (exact) mass is 241 g/mol. The molecule has 16 heavy (non-hydrogen) atoms. The predicted molar refractivity (Wildman–Crippen MR) is 60.4 cm³/mol. The molecule has 0 aliphatic heterocycles. The van der Waals surface area contributed by atoms with Gasteiger partial charge in [0.05, 0.1) is 11.5 Å². The summed E-state index contributed by atoms with van der Waals surface area (Å²) >= 11 is 5.74. The Hall–Kier alpha value is -1.11. The minimum atomic E-state index is -1.18. The molecule has 0 aliphatic rings. The van der Waals surface area contributed by atoms with Crippen LogP contribution in [0, 0.1) is 22.6 Å². The van der Waals surface area contributed by atoms with Crippen LogP contribution in [0.1, 0.15) is 31.9 Å². The van der Waals surface area contributed by atoms with Crippen LogP contribution in [0.4, 0.5) is 4.39 Å².